The summed E-state index contributed by atoms with van der Waals surface area (Å²) < 4.78 is 0. The molecular weight excluding hydrogens is 196 g/mol. The van der Waals surface area contributed by atoms with E-state index in [-0.39, 0.29) is 12.4 Å². The summed E-state index contributed by atoms with van der Waals surface area (Å²) in [7, 11) is 0. The van der Waals surface area contributed by atoms with Gasteiger partial charge < -0.3 is 4.90 Å². The number of halogens is 1. The Morgan fingerprint density at radius 3 is 2.00 bits per heavy atom. The maximum Gasteiger partial charge on any atom is 0.0397 e. The summed E-state index contributed by atoms with van der Waals surface area (Å²) in [6.07, 6.45) is 6.10. The first-order chi connectivity index (χ1) is 6.38. The van der Waals surface area contributed by atoms with Crippen LogP contribution in [0.3, 0.4) is 0 Å². The SMILES string of the molecule is CCCN(CCC)c1ccncc1.Cl. The zero-order valence-electron chi connectivity index (χ0n) is 8.94. The van der Waals surface area contributed by atoms with Gasteiger partial charge in [-0.3, -0.25) is 4.98 Å². The average Bonchev–Trinajstić information content (AvgIpc) is 2.19. The van der Waals surface area contributed by atoms with E-state index in [9.17, 15) is 0 Å². The zero-order valence-corrected chi connectivity index (χ0v) is 9.76. The summed E-state index contributed by atoms with van der Waals surface area (Å²) >= 11 is 0. The lowest BCUT2D eigenvalue weighted by Crippen LogP contribution is -2.24. The third kappa shape index (κ3) is 3.97. The van der Waals surface area contributed by atoms with Crippen LogP contribution in [0.25, 0.3) is 0 Å². The van der Waals surface area contributed by atoms with Crippen LogP contribution in [0.2, 0.25) is 0 Å². The Bertz CT molecular complexity index is 220. The quantitative estimate of drug-likeness (QED) is 0.749. The van der Waals surface area contributed by atoms with Crippen molar-refractivity contribution < 1.29 is 0 Å². The smallest absolute Gasteiger partial charge is 0.0397 e. The highest BCUT2D eigenvalue weighted by atomic mass is 35.5. The fourth-order valence-corrected chi connectivity index (χ4v) is 1.46. The van der Waals surface area contributed by atoms with Crippen LogP contribution in [0.1, 0.15) is 26.7 Å². The van der Waals surface area contributed by atoms with Crippen LogP contribution < -0.4 is 4.90 Å². The molecule has 0 saturated heterocycles. The Labute approximate surface area is 92.8 Å². The number of hydrogen-bond donors (Lipinski definition) is 0. The van der Waals surface area contributed by atoms with Crippen LogP contribution in [-0.2, 0) is 0 Å². The number of nitrogens with zero attached hydrogens (tertiary/aromatic N) is 2. The van der Waals surface area contributed by atoms with Crippen LogP contribution in [-0.4, -0.2) is 18.1 Å². The molecule has 0 fully saturated rings. The van der Waals surface area contributed by atoms with Crippen LogP contribution in [0.15, 0.2) is 24.5 Å². The molecule has 1 aromatic heterocycles. The van der Waals surface area contributed by atoms with Crippen molar-refractivity contribution in [1.82, 2.24) is 4.98 Å². The molecule has 1 aromatic rings. The first-order valence-electron chi connectivity index (χ1n) is 5.03. The maximum absolute atomic E-state index is 4.02. The number of pyridine rings is 1. The van der Waals surface area contributed by atoms with Crippen LogP contribution in [0.5, 0.6) is 0 Å². The van der Waals surface area contributed by atoms with Gasteiger partial charge in [-0.2, -0.15) is 0 Å². The Balaban J connectivity index is 0.00000169. The molecule has 2 nitrogen and oxygen atoms in total. The fraction of sp³-hybridized carbons (Fsp3) is 0.545. The van der Waals surface area contributed by atoms with Crippen molar-refractivity contribution in [2.75, 3.05) is 18.0 Å². The topological polar surface area (TPSA) is 16.1 Å². The van der Waals surface area contributed by atoms with E-state index in [1.807, 2.05) is 12.4 Å². The summed E-state index contributed by atoms with van der Waals surface area (Å²) in [6, 6.07) is 4.15. The second-order valence-electron chi connectivity index (χ2n) is 3.19. The predicted molar refractivity (Wildman–Crippen MR) is 64.3 cm³/mol. The van der Waals surface area contributed by atoms with Crippen molar-refractivity contribution in [3.05, 3.63) is 24.5 Å². The number of hydrogen-bond acceptors (Lipinski definition) is 2. The van der Waals surface area contributed by atoms with Gasteiger partial charge in [-0.25, -0.2) is 0 Å². The molecule has 0 aromatic carbocycles. The highest BCUT2D eigenvalue weighted by molar-refractivity contribution is 5.85. The molecule has 0 saturated carbocycles. The van der Waals surface area contributed by atoms with Crippen LogP contribution in [0, 0.1) is 0 Å². The molecule has 0 unspecified atom stereocenters. The third-order valence-corrected chi connectivity index (χ3v) is 2.01. The molecule has 1 heterocycles. The Hall–Kier alpha value is -0.760. The molecule has 0 aliphatic rings. The molecule has 0 N–H and O–H groups in total. The second-order valence-corrected chi connectivity index (χ2v) is 3.19. The lowest BCUT2D eigenvalue weighted by atomic mass is 10.3. The van der Waals surface area contributed by atoms with Gasteiger partial charge in [0.1, 0.15) is 0 Å². The minimum absolute atomic E-state index is 0. The standard InChI is InChI=1S/C11H18N2.ClH/c1-3-9-13(10-4-2)11-5-7-12-8-6-11;/h5-8H,3-4,9-10H2,1-2H3;1H. The average molecular weight is 215 g/mol. The van der Waals surface area contributed by atoms with Crippen molar-refractivity contribution in [2.45, 2.75) is 26.7 Å². The third-order valence-electron chi connectivity index (χ3n) is 2.01. The number of aromatic nitrogens is 1. The van der Waals surface area contributed by atoms with Gasteiger partial charge in [0.2, 0.25) is 0 Å². The number of rotatable bonds is 5. The normalized spacial score (nSPS) is 9.29. The summed E-state index contributed by atoms with van der Waals surface area (Å²) in [5.41, 5.74) is 1.29. The molecule has 3 heteroatoms. The molecule has 0 atom stereocenters. The first-order valence-corrected chi connectivity index (χ1v) is 5.03. The van der Waals surface area contributed by atoms with E-state index in [4.69, 9.17) is 0 Å². The molecule has 0 aliphatic carbocycles. The second kappa shape index (κ2) is 7.63. The maximum atomic E-state index is 4.02. The van der Waals surface area contributed by atoms with Gasteiger partial charge in [-0.15, -0.1) is 12.4 Å². The predicted octanol–water partition coefficient (Wildman–Crippen LogP) is 3.13. The van der Waals surface area contributed by atoms with Crippen LogP contribution in [0.4, 0.5) is 5.69 Å². The van der Waals surface area contributed by atoms with Crippen molar-refractivity contribution >= 4 is 18.1 Å². The zero-order chi connectivity index (χ0) is 9.52. The van der Waals surface area contributed by atoms with Gasteiger partial charge in [0.05, 0.1) is 0 Å². The Morgan fingerprint density at radius 1 is 1.07 bits per heavy atom. The summed E-state index contributed by atoms with van der Waals surface area (Å²) in [5, 5.41) is 0. The molecule has 0 bridgehead atoms. The monoisotopic (exact) mass is 214 g/mol. The van der Waals surface area contributed by atoms with Gasteiger partial charge in [-0.1, -0.05) is 13.8 Å². The fourth-order valence-electron chi connectivity index (χ4n) is 1.46. The summed E-state index contributed by atoms with van der Waals surface area (Å²) in [5.74, 6) is 0. The van der Waals surface area contributed by atoms with E-state index < -0.39 is 0 Å². The molecule has 0 spiro atoms. The lowest BCUT2D eigenvalue weighted by molar-refractivity contribution is 0.744. The van der Waals surface area contributed by atoms with E-state index in [2.05, 4.69) is 35.9 Å². The van der Waals surface area contributed by atoms with Crippen molar-refractivity contribution in [3.63, 3.8) is 0 Å². The van der Waals surface area contributed by atoms with Gasteiger partial charge >= 0.3 is 0 Å². The Morgan fingerprint density at radius 2 is 1.57 bits per heavy atom. The molecular formula is C11H19ClN2. The lowest BCUT2D eigenvalue weighted by Gasteiger charge is -2.23. The molecule has 80 valence electrons. The highest BCUT2D eigenvalue weighted by Crippen LogP contribution is 2.12. The highest BCUT2D eigenvalue weighted by Gasteiger charge is 2.02. The minimum Gasteiger partial charge on any atom is -0.371 e. The van der Waals surface area contributed by atoms with Gasteiger partial charge in [0, 0.05) is 31.2 Å². The molecule has 0 amide bonds. The van der Waals surface area contributed by atoms with E-state index in [0.29, 0.717) is 0 Å². The van der Waals surface area contributed by atoms with E-state index in [1.54, 1.807) is 0 Å². The van der Waals surface area contributed by atoms with Gasteiger partial charge in [0.25, 0.3) is 0 Å². The largest absolute Gasteiger partial charge is 0.371 e. The summed E-state index contributed by atoms with van der Waals surface area (Å²) in [6.45, 7) is 6.70. The van der Waals surface area contributed by atoms with E-state index >= 15 is 0 Å². The van der Waals surface area contributed by atoms with E-state index in [1.165, 1.54) is 18.5 Å². The summed E-state index contributed by atoms with van der Waals surface area (Å²) in [4.78, 5) is 6.43. The van der Waals surface area contributed by atoms with Crippen molar-refractivity contribution in [1.29, 1.82) is 0 Å². The minimum atomic E-state index is 0. The molecule has 0 radical (unpaired) electrons. The molecule has 0 aliphatic heterocycles. The van der Waals surface area contributed by atoms with Crippen molar-refractivity contribution in [2.24, 2.45) is 0 Å². The van der Waals surface area contributed by atoms with Gasteiger partial charge in [0.15, 0.2) is 0 Å². The molecule has 1 rings (SSSR count). The van der Waals surface area contributed by atoms with Gasteiger partial charge in [-0.05, 0) is 25.0 Å². The van der Waals surface area contributed by atoms with Crippen molar-refractivity contribution in [3.8, 4) is 0 Å². The first kappa shape index (κ1) is 13.2. The van der Waals surface area contributed by atoms with E-state index in [0.717, 1.165) is 13.1 Å². The Kier molecular flexibility index (Phi) is 7.21. The molecule has 14 heavy (non-hydrogen) atoms. The van der Waals surface area contributed by atoms with Crippen LogP contribution >= 0.6 is 12.4 Å². The number of anilines is 1.